The van der Waals surface area contributed by atoms with E-state index in [2.05, 4.69) is 19.2 Å². The van der Waals surface area contributed by atoms with Crippen molar-refractivity contribution in [3.8, 4) is 0 Å². The normalized spacial score (nSPS) is 11.0. The lowest BCUT2D eigenvalue weighted by Crippen LogP contribution is -2.15. The molecule has 0 aromatic heterocycles. The van der Waals surface area contributed by atoms with Crippen LogP contribution >= 0.6 is 0 Å². The number of hydrogen-bond acceptors (Lipinski definition) is 2. The minimum absolute atomic E-state index is 0.274. The molecule has 0 amide bonds. The first-order valence-corrected chi connectivity index (χ1v) is 7.73. The van der Waals surface area contributed by atoms with Crippen LogP contribution in [0.1, 0.15) is 61.9 Å². The van der Waals surface area contributed by atoms with Gasteiger partial charge in [-0.05, 0) is 36.6 Å². The van der Waals surface area contributed by atoms with Crippen molar-refractivity contribution in [2.45, 2.75) is 52.5 Å². The van der Waals surface area contributed by atoms with Crippen LogP contribution in [0.15, 0.2) is 18.2 Å². The molecule has 1 rings (SSSR count). The maximum Gasteiger partial charge on any atom is 0.338 e. The Bertz CT molecular complexity index is 446. The van der Waals surface area contributed by atoms with Gasteiger partial charge in [0.1, 0.15) is 5.82 Å². The zero-order chi connectivity index (χ0) is 15.7. The molecule has 0 aliphatic rings. The maximum absolute atomic E-state index is 13.5. The first kappa shape index (κ1) is 17.6. The molecule has 0 aliphatic heterocycles. The lowest BCUT2D eigenvalue weighted by Gasteiger charge is -2.07. The van der Waals surface area contributed by atoms with Gasteiger partial charge in [-0.15, -0.1) is 0 Å². The Balaban J connectivity index is 2.16. The number of unbranched alkanes of at least 4 members (excludes halogenated alkanes) is 3. The van der Waals surface area contributed by atoms with Crippen LogP contribution in [0.25, 0.3) is 0 Å². The number of rotatable bonds is 10. The number of carboxylic acids is 1. The average Bonchev–Trinajstić information content (AvgIpc) is 2.41. The van der Waals surface area contributed by atoms with Gasteiger partial charge in [0.2, 0.25) is 0 Å². The summed E-state index contributed by atoms with van der Waals surface area (Å²) in [5.74, 6) is -1.12. The smallest absolute Gasteiger partial charge is 0.338 e. The van der Waals surface area contributed by atoms with Gasteiger partial charge in [-0.2, -0.15) is 0 Å². The van der Waals surface area contributed by atoms with Gasteiger partial charge in [0.15, 0.2) is 0 Å². The summed E-state index contributed by atoms with van der Waals surface area (Å²) < 4.78 is 13.5. The Hall–Kier alpha value is -1.42. The van der Waals surface area contributed by atoms with Crippen molar-refractivity contribution in [1.29, 1.82) is 0 Å². The first-order chi connectivity index (χ1) is 10.0. The molecule has 0 saturated heterocycles. The predicted molar refractivity (Wildman–Crippen MR) is 83.0 cm³/mol. The molecule has 0 radical (unpaired) electrons. The summed E-state index contributed by atoms with van der Waals surface area (Å²) in [6.45, 7) is 5.97. The van der Waals surface area contributed by atoms with Gasteiger partial charge in [-0.25, -0.2) is 9.18 Å². The monoisotopic (exact) mass is 295 g/mol. The van der Waals surface area contributed by atoms with Crippen LogP contribution in [0.5, 0.6) is 0 Å². The van der Waals surface area contributed by atoms with Gasteiger partial charge in [-0.3, -0.25) is 0 Å². The molecule has 1 aromatic rings. The summed E-state index contributed by atoms with van der Waals surface area (Å²) >= 11 is 0. The molecular formula is C17H26FNO2. The quantitative estimate of drug-likeness (QED) is 0.635. The summed E-state index contributed by atoms with van der Waals surface area (Å²) in [7, 11) is 0. The van der Waals surface area contributed by atoms with Gasteiger partial charge < -0.3 is 10.4 Å². The van der Waals surface area contributed by atoms with E-state index in [0.29, 0.717) is 6.54 Å². The maximum atomic E-state index is 13.5. The second-order valence-electron chi connectivity index (χ2n) is 5.89. The van der Waals surface area contributed by atoms with E-state index in [1.165, 1.54) is 37.8 Å². The number of benzene rings is 1. The molecule has 0 unspecified atom stereocenters. The first-order valence-electron chi connectivity index (χ1n) is 7.73. The Labute approximate surface area is 126 Å². The summed E-state index contributed by atoms with van der Waals surface area (Å²) in [5, 5.41) is 12.0. The fraction of sp³-hybridized carbons (Fsp3) is 0.588. The van der Waals surface area contributed by atoms with Crippen molar-refractivity contribution < 1.29 is 14.3 Å². The third kappa shape index (κ3) is 7.23. The highest BCUT2D eigenvalue weighted by atomic mass is 19.1. The minimum Gasteiger partial charge on any atom is -0.478 e. The van der Waals surface area contributed by atoms with E-state index < -0.39 is 11.8 Å². The third-order valence-electron chi connectivity index (χ3n) is 3.48. The van der Waals surface area contributed by atoms with Crippen molar-refractivity contribution >= 4 is 5.97 Å². The van der Waals surface area contributed by atoms with Crippen molar-refractivity contribution in [3.63, 3.8) is 0 Å². The Morgan fingerprint density at radius 3 is 2.57 bits per heavy atom. The van der Waals surface area contributed by atoms with Crippen molar-refractivity contribution in [3.05, 3.63) is 35.1 Å². The molecule has 3 nitrogen and oxygen atoms in total. The number of nitrogens with one attached hydrogen (secondary N) is 1. The molecule has 0 spiro atoms. The highest BCUT2D eigenvalue weighted by Crippen LogP contribution is 2.11. The zero-order valence-corrected chi connectivity index (χ0v) is 13.0. The second kappa shape index (κ2) is 9.50. The largest absolute Gasteiger partial charge is 0.478 e. The summed E-state index contributed by atoms with van der Waals surface area (Å²) in [4.78, 5) is 10.7. The SMILES string of the molecule is CC(C)CCCCCCNCc1ccc(C(=O)O)c(F)c1. The highest BCUT2D eigenvalue weighted by molar-refractivity contribution is 5.87. The molecule has 0 saturated carbocycles. The van der Waals surface area contributed by atoms with Gasteiger partial charge in [0, 0.05) is 6.54 Å². The van der Waals surface area contributed by atoms with Crippen LogP contribution in [0, 0.1) is 11.7 Å². The molecule has 0 fully saturated rings. The van der Waals surface area contributed by atoms with E-state index in [9.17, 15) is 9.18 Å². The molecule has 118 valence electrons. The van der Waals surface area contributed by atoms with Crippen LogP contribution < -0.4 is 5.32 Å². The highest BCUT2D eigenvalue weighted by Gasteiger charge is 2.09. The molecule has 21 heavy (non-hydrogen) atoms. The second-order valence-corrected chi connectivity index (χ2v) is 5.89. The Morgan fingerprint density at radius 2 is 1.95 bits per heavy atom. The van der Waals surface area contributed by atoms with E-state index >= 15 is 0 Å². The van der Waals surface area contributed by atoms with Crippen molar-refractivity contribution in [2.24, 2.45) is 5.92 Å². The van der Waals surface area contributed by atoms with Crippen LogP contribution in [0.4, 0.5) is 4.39 Å². The van der Waals surface area contributed by atoms with Gasteiger partial charge in [-0.1, -0.05) is 45.6 Å². The molecule has 1 aromatic carbocycles. The van der Waals surface area contributed by atoms with Crippen LogP contribution in [0.2, 0.25) is 0 Å². The fourth-order valence-electron chi connectivity index (χ4n) is 2.23. The van der Waals surface area contributed by atoms with Crippen molar-refractivity contribution in [1.82, 2.24) is 5.32 Å². The minimum atomic E-state index is -1.23. The summed E-state index contributed by atoms with van der Waals surface area (Å²) in [6, 6.07) is 4.27. The number of hydrogen-bond donors (Lipinski definition) is 2. The number of halogens is 1. The average molecular weight is 295 g/mol. The third-order valence-corrected chi connectivity index (χ3v) is 3.48. The van der Waals surface area contributed by atoms with Gasteiger partial charge in [0.25, 0.3) is 0 Å². The van der Waals surface area contributed by atoms with Crippen LogP contribution in [-0.4, -0.2) is 17.6 Å². The number of carboxylic acid groups (broad SMARTS) is 1. The van der Waals surface area contributed by atoms with E-state index in [1.807, 2.05) is 0 Å². The summed E-state index contributed by atoms with van der Waals surface area (Å²) in [6.07, 6.45) is 6.18. The van der Waals surface area contributed by atoms with E-state index in [-0.39, 0.29) is 5.56 Å². The molecule has 0 aliphatic carbocycles. The molecule has 2 N–H and O–H groups in total. The van der Waals surface area contributed by atoms with Crippen LogP contribution in [-0.2, 0) is 6.54 Å². The lowest BCUT2D eigenvalue weighted by molar-refractivity contribution is 0.0692. The van der Waals surface area contributed by atoms with Gasteiger partial charge in [0.05, 0.1) is 5.56 Å². The summed E-state index contributed by atoms with van der Waals surface area (Å²) in [5.41, 5.74) is 0.501. The standard InChI is InChI=1S/C17H26FNO2/c1-13(2)7-5-3-4-6-10-19-12-14-8-9-15(17(20)21)16(18)11-14/h8-9,11,13,19H,3-7,10,12H2,1-2H3,(H,20,21). The zero-order valence-electron chi connectivity index (χ0n) is 13.0. The van der Waals surface area contributed by atoms with Crippen molar-refractivity contribution in [2.75, 3.05) is 6.54 Å². The number of aromatic carboxylic acids is 1. The molecule has 0 heterocycles. The van der Waals surface area contributed by atoms with Crippen LogP contribution in [0.3, 0.4) is 0 Å². The molecule has 0 atom stereocenters. The molecular weight excluding hydrogens is 269 g/mol. The lowest BCUT2D eigenvalue weighted by atomic mass is 10.0. The predicted octanol–water partition coefficient (Wildman–Crippen LogP) is 4.22. The topological polar surface area (TPSA) is 49.3 Å². The Morgan fingerprint density at radius 1 is 1.24 bits per heavy atom. The number of carbonyl (C=O) groups is 1. The fourth-order valence-corrected chi connectivity index (χ4v) is 2.23. The Kier molecular flexibility index (Phi) is 7.98. The van der Waals surface area contributed by atoms with E-state index in [4.69, 9.17) is 5.11 Å². The van der Waals surface area contributed by atoms with E-state index in [1.54, 1.807) is 6.07 Å². The van der Waals surface area contributed by atoms with E-state index in [0.717, 1.165) is 24.4 Å². The molecule has 0 bridgehead atoms. The van der Waals surface area contributed by atoms with Gasteiger partial charge >= 0.3 is 5.97 Å². The molecule has 4 heteroatoms.